The number of rotatable bonds is 13. The van der Waals surface area contributed by atoms with Crippen molar-refractivity contribution in [1.82, 2.24) is 13.9 Å². The Morgan fingerprint density at radius 3 is 2.23 bits per heavy atom. The zero-order valence-electron chi connectivity index (χ0n) is 17.6. The van der Waals surface area contributed by atoms with Gasteiger partial charge in [0, 0.05) is 26.6 Å². The normalized spacial score (nSPS) is 13.2. The summed E-state index contributed by atoms with van der Waals surface area (Å²) in [6.07, 6.45) is 3.15. The number of para-hydroxylation sites is 1. The molecule has 2 N–H and O–H groups in total. The molecule has 166 valence electrons. The van der Waals surface area contributed by atoms with E-state index in [0.717, 1.165) is 17.4 Å². The number of ether oxygens (including phenoxy) is 1. The Balaban J connectivity index is 1.94. The number of carboxylic acids is 1. The Hall–Kier alpha value is -2.81. The molecule has 0 saturated heterocycles. The average molecular weight is 421 g/mol. The summed E-state index contributed by atoms with van der Waals surface area (Å²) in [6, 6.07) is 9.15. The fourth-order valence-corrected chi connectivity index (χ4v) is 3.13. The molecule has 30 heavy (non-hydrogen) atoms. The van der Waals surface area contributed by atoms with Gasteiger partial charge in [-0.05, 0) is 38.3 Å². The number of carboxylic acid groups (broad SMARTS) is 1. The van der Waals surface area contributed by atoms with Crippen LogP contribution in [0.15, 0.2) is 39.9 Å². The van der Waals surface area contributed by atoms with Crippen molar-refractivity contribution >= 4 is 5.97 Å². The van der Waals surface area contributed by atoms with E-state index in [1.165, 1.54) is 16.4 Å². The third-order valence-corrected chi connectivity index (χ3v) is 4.97. The molecule has 9 heteroatoms. The molecular weight excluding hydrogens is 390 g/mol. The summed E-state index contributed by atoms with van der Waals surface area (Å²) < 4.78 is 9.42. The first kappa shape index (κ1) is 23.5. The first-order valence-corrected chi connectivity index (χ1v) is 10.2. The molecule has 0 spiro atoms. The third-order valence-electron chi connectivity index (χ3n) is 4.97. The fourth-order valence-electron chi connectivity index (χ4n) is 3.13. The lowest BCUT2D eigenvalue weighted by molar-refractivity contribution is -0.137. The predicted octanol–water partition coefficient (Wildman–Crippen LogP) is 1.60. The van der Waals surface area contributed by atoms with Gasteiger partial charge >= 0.3 is 17.3 Å². The third kappa shape index (κ3) is 6.91. The molecule has 1 heterocycles. The highest BCUT2D eigenvalue weighted by molar-refractivity contribution is 5.66. The van der Waals surface area contributed by atoms with Crippen LogP contribution >= 0.6 is 0 Å². The van der Waals surface area contributed by atoms with E-state index >= 15 is 0 Å². The van der Waals surface area contributed by atoms with Crippen LogP contribution in [0.1, 0.15) is 45.4 Å². The molecular formula is C21H31N3O6. The number of aliphatic carboxylic acids is 1. The Morgan fingerprint density at radius 1 is 1.00 bits per heavy atom. The van der Waals surface area contributed by atoms with Crippen molar-refractivity contribution in [3.05, 3.63) is 51.3 Å². The second-order valence-corrected chi connectivity index (χ2v) is 7.78. The molecule has 0 aliphatic rings. The van der Waals surface area contributed by atoms with E-state index in [9.17, 15) is 19.5 Å². The highest BCUT2D eigenvalue weighted by Crippen LogP contribution is 2.15. The molecule has 0 radical (unpaired) electrons. The molecule has 9 nitrogen and oxygen atoms in total. The first-order valence-electron chi connectivity index (χ1n) is 10.2. The van der Waals surface area contributed by atoms with Gasteiger partial charge in [0.15, 0.2) is 0 Å². The van der Waals surface area contributed by atoms with Crippen molar-refractivity contribution in [3.63, 3.8) is 0 Å². The minimum Gasteiger partial charge on any atom is -0.491 e. The molecule has 1 atom stereocenters. The molecule has 2 aromatic rings. The van der Waals surface area contributed by atoms with Gasteiger partial charge in [-0.1, -0.05) is 31.0 Å². The smallest absolute Gasteiger partial charge is 0.346 e. The van der Waals surface area contributed by atoms with Crippen molar-refractivity contribution in [1.29, 1.82) is 0 Å². The molecule has 0 aliphatic carbocycles. The zero-order chi connectivity index (χ0) is 22.1. The molecule has 1 aromatic heterocycles. The lowest BCUT2D eigenvalue weighted by Crippen LogP contribution is -2.36. The van der Waals surface area contributed by atoms with Crippen LogP contribution in [0.25, 0.3) is 0 Å². The van der Waals surface area contributed by atoms with E-state index in [1.54, 1.807) is 19.1 Å². The molecule has 0 fully saturated rings. The van der Waals surface area contributed by atoms with Crippen LogP contribution in [0.2, 0.25) is 0 Å². The minimum absolute atomic E-state index is 0.0619. The average Bonchev–Trinajstić information content (AvgIpc) is 2.91. The maximum absolute atomic E-state index is 12.4. The number of hydrogen-bond donors (Lipinski definition) is 2. The maximum Gasteiger partial charge on any atom is 0.346 e. The minimum atomic E-state index is -1.18. The van der Waals surface area contributed by atoms with E-state index in [4.69, 9.17) is 9.84 Å². The molecule has 0 aliphatic heterocycles. The molecule has 0 saturated carbocycles. The van der Waals surface area contributed by atoms with E-state index in [2.05, 4.69) is 0 Å². The van der Waals surface area contributed by atoms with Crippen molar-refractivity contribution in [3.8, 4) is 5.75 Å². The van der Waals surface area contributed by atoms with E-state index in [0.29, 0.717) is 25.1 Å². The second-order valence-electron chi connectivity index (χ2n) is 7.78. The quantitative estimate of drug-likeness (QED) is 0.475. The highest BCUT2D eigenvalue weighted by atomic mass is 16.5. The molecule has 2 rings (SSSR count). The molecule has 1 aromatic carbocycles. The Morgan fingerprint density at radius 2 is 1.60 bits per heavy atom. The van der Waals surface area contributed by atoms with Gasteiger partial charge < -0.3 is 14.9 Å². The van der Waals surface area contributed by atoms with Crippen molar-refractivity contribution in [2.45, 2.75) is 64.1 Å². The van der Waals surface area contributed by atoms with E-state index in [-0.39, 0.29) is 26.0 Å². The van der Waals surface area contributed by atoms with Crippen molar-refractivity contribution < 1.29 is 19.7 Å². The Bertz CT molecular complexity index is 926. The largest absolute Gasteiger partial charge is 0.491 e. The summed E-state index contributed by atoms with van der Waals surface area (Å²) in [5.74, 6) is -0.166. The summed E-state index contributed by atoms with van der Waals surface area (Å²) in [6.45, 7) is 2.24. The summed E-state index contributed by atoms with van der Waals surface area (Å²) in [7, 11) is 1.43. The van der Waals surface area contributed by atoms with Crippen LogP contribution in [-0.4, -0.2) is 42.3 Å². The van der Waals surface area contributed by atoms with Crippen LogP contribution in [0.5, 0.6) is 5.75 Å². The number of benzene rings is 1. The summed E-state index contributed by atoms with van der Waals surface area (Å²) in [5.41, 5.74) is -2.00. The Labute approximate surface area is 175 Å². The number of carbonyl (C=O) groups is 1. The first-order chi connectivity index (χ1) is 14.2. The molecule has 0 amide bonds. The summed E-state index contributed by atoms with van der Waals surface area (Å²) in [5, 5.41) is 19.3. The number of hydrogen-bond acceptors (Lipinski definition) is 5. The van der Waals surface area contributed by atoms with Crippen LogP contribution in [-0.2, 0) is 24.9 Å². The SMILES string of the molecule is Cn1c(=O)n(CCCCCCC(=O)O)n(CCC(C)(O)COc2ccccc2)c1=O. The maximum atomic E-state index is 12.4. The van der Waals surface area contributed by atoms with Gasteiger partial charge in [0.2, 0.25) is 0 Å². The molecule has 1 unspecified atom stereocenters. The number of unbranched alkanes of at least 4 members (excludes halogenated alkanes) is 3. The van der Waals surface area contributed by atoms with E-state index in [1.807, 2.05) is 18.2 Å². The van der Waals surface area contributed by atoms with Crippen molar-refractivity contribution in [2.24, 2.45) is 7.05 Å². The Kier molecular flexibility index (Phi) is 8.46. The predicted molar refractivity (Wildman–Crippen MR) is 112 cm³/mol. The fraction of sp³-hybridized carbons (Fsp3) is 0.571. The van der Waals surface area contributed by atoms with Crippen LogP contribution in [0.3, 0.4) is 0 Å². The van der Waals surface area contributed by atoms with Crippen LogP contribution < -0.4 is 16.1 Å². The van der Waals surface area contributed by atoms with Crippen LogP contribution in [0, 0.1) is 0 Å². The lowest BCUT2D eigenvalue weighted by Gasteiger charge is -2.24. The number of nitrogens with zero attached hydrogens (tertiary/aromatic N) is 3. The monoisotopic (exact) mass is 421 g/mol. The zero-order valence-corrected chi connectivity index (χ0v) is 17.6. The van der Waals surface area contributed by atoms with Gasteiger partial charge in [-0.3, -0.25) is 4.79 Å². The van der Waals surface area contributed by atoms with Gasteiger partial charge in [-0.2, -0.15) is 0 Å². The summed E-state index contributed by atoms with van der Waals surface area (Å²) in [4.78, 5) is 35.4. The summed E-state index contributed by atoms with van der Waals surface area (Å²) >= 11 is 0. The highest BCUT2D eigenvalue weighted by Gasteiger charge is 2.23. The van der Waals surface area contributed by atoms with Crippen molar-refractivity contribution in [2.75, 3.05) is 6.61 Å². The van der Waals surface area contributed by atoms with E-state index < -0.39 is 22.9 Å². The van der Waals surface area contributed by atoms with Gasteiger partial charge in [0.25, 0.3) is 0 Å². The number of aromatic nitrogens is 3. The lowest BCUT2D eigenvalue weighted by atomic mass is 10.0. The topological polar surface area (TPSA) is 116 Å². The van der Waals surface area contributed by atoms with Gasteiger partial charge in [-0.25, -0.2) is 23.5 Å². The van der Waals surface area contributed by atoms with Gasteiger partial charge in [0.05, 0.1) is 5.60 Å². The standard InChI is InChI=1S/C21H31N3O6/c1-21(29,16-30-17-10-6-5-7-11-17)13-15-24-20(28)22(2)19(27)23(24)14-9-4-3-8-12-18(25)26/h5-7,10-11,29H,3-4,8-9,12-16H2,1-2H3,(H,25,26). The van der Waals surface area contributed by atoms with Crippen LogP contribution in [0.4, 0.5) is 0 Å². The van der Waals surface area contributed by atoms with Gasteiger partial charge in [-0.15, -0.1) is 0 Å². The number of aliphatic hydroxyl groups is 1. The molecule has 0 bridgehead atoms. The van der Waals surface area contributed by atoms with Gasteiger partial charge in [0.1, 0.15) is 12.4 Å². The second kappa shape index (κ2) is 10.8.